The number of hydrogen-bond acceptors (Lipinski definition) is 1. The van der Waals surface area contributed by atoms with E-state index in [0.717, 1.165) is 5.56 Å². The summed E-state index contributed by atoms with van der Waals surface area (Å²) in [6, 6.07) is 2.84. The fourth-order valence-corrected chi connectivity index (χ4v) is 2.86. The summed E-state index contributed by atoms with van der Waals surface area (Å²) < 4.78 is 14.1. The van der Waals surface area contributed by atoms with Crippen molar-refractivity contribution < 1.29 is 9.18 Å². The number of rotatable bonds is 1. The Hall–Kier alpha value is -0.900. The Morgan fingerprint density at radius 3 is 2.56 bits per heavy atom. The zero-order valence-electron chi connectivity index (χ0n) is 11.0. The van der Waals surface area contributed by atoms with Gasteiger partial charge in [0.1, 0.15) is 5.82 Å². The minimum atomic E-state index is -0.316. The van der Waals surface area contributed by atoms with Crippen molar-refractivity contribution in [2.75, 3.05) is 5.32 Å². The number of nitrogens with one attached hydrogen (secondary N) is 1. The molecule has 4 heteroatoms. The van der Waals surface area contributed by atoms with Crippen LogP contribution in [0.1, 0.15) is 39.2 Å². The number of carbonyl (C=O) groups is 1. The zero-order valence-corrected chi connectivity index (χ0v) is 12.6. The van der Waals surface area contributed by atoms with Gasteiger partial charge in [-0.15, -0.1) is 0 Å². The van der Waals surface area contributed by atoms with Crippen LogP contribution in [0.2, 0.25) is 0 Å². The average Bonchev–Trinajstić information content (AvgIpc) is 2.52. The molecule has 1 aliphatic rings. The van der Waals surface area contributed by atoms with Gasteiger partial charge < -0.3 is 5.32 Å². The molecule has 2 nitrogen and oxygen atoms in total. The van der Waals surface area contributed by atoms with Gasteiger partial charge in [0.25, 0.3) is 0 Å². The highest BCUT2D eigenvalue weighted by molar-refractivity contribution is 9.10. The summed E-state index contributed by atoms with van der Waals surface area (Å²) in [4.78, 5) is 12.1. The van der Waals surface area contributed by atoms with E-state index in [0.29, 0.717) is 10.2 Å². The van der Waals surface area contributed by atoms with Crippen LogP contribution in [0.3, 0.4) is 0 Å². The molecule has 1 amide bonds. The average molecular weight is 314 g/mol. The van der Waals surface area contributed by atoms with Crippen LogP contribution in [0, 0.1) is 17.2 Å². The van der Waals surface area contributed by atoms with E-state index in [9.17, 15) is 9.18 Å². The summed E-state index contributed by atoms with van der Waals surface area (Å²) in [5.41, 5.74) is 1.46. The lowest BCUT2D eigenvalue weighted by molar-refractivity contribution is -0.118. The second-order valence-corrected chi connectivity index (χ2v) is 6.83. The van der Waals surface area contributed by atoms with E-state index in [1.165, 1.54) is 12.1 Å². The van der Waals surface area contributed by atoms with Crippen molar-refractivity contribution in [3.63, 3.8) is 0 Å². The van der Waals surface area contributed by atoms with Crippen molar-refractivity contribution in [2.45, 2.75) is 33.6 Å². The maximum absolute atomic E-state index is 13.5. The highest BCUT2D eigenvalue weighted by atomic mass is 79.9. The van der Waals surface area contributed by atoms with Gasteiger partial charge in [0, 0.05) is 4.47 Å². The van der Waals surface area contributed by atoms with Crippen molar-refractivity contribution in [1.82, 2.24) is 0 Å². The Bertz CT molecular complexity index is 507. The summed E-state index contributed by atoms with van der Waals surface area (Å²) in [5, 5.41) is 2.84. The van der Waals surface area contributed by atoms with Crippen LogP contribution in [0.4, 0.5) is 10.1 Å². The summed E-state index contributed by atoms with van der Waals surface area (Å²) in [7, 11) is 0. The quantitative estimate of drug-likeness (QED) is 0.822. The molecule has 2 rings (SSSR count). The Balaban J connectivity index is 2.51. The van der Waals surface area contributed by atoms with Gasteiger partial charge in [-0.05, 0) is 45.0 Å². The van der Waals surface area contributed by atoms with Crippen molar-refractivity contribution in [2.24, 2.45) is 11.3 Å². The van der Waals surface area contributed by atoms with Crippen LogP contribution in [0.25, 0.3) is 0 Å². The van der Waals surface area contributed by atoms with E-state index in [-0.39, 0.29) is 29.0 Å². The first-order valence-corrected chi connectivity index (χ1v) is 6.81. The fraction of sp³-hybridized carbons (Fsp3) is 0.500. The maximum Gasteiger partial charge on any atom is 0.232 e. The summed E-state index contributed by atoms with van der Waals surface area (Å²) in [5.74, 6) is -0.513. The second kappa shape index (κ2) is 4.34. The first kappa shape index (κ1) is 13.5. The second-order valence-electron chi connectivity index (χ2n) is 5.97. The summed E-state index contributed by atoms with van der Waals surface area (Å²) >= 11 is 3.30. The van der Waals surface area contributed by atoms with Crippen LogP contribution < -0.4 is 5.32 Å². The highest BCUT2D eigenvalue weighted by Gasteiger charge is 2.40. The van der Waals surface area contributed by atoms with Crippen molar-refractivity contribution >= 4 is 27.5 Å². The van der Waals surface area contributed by atoms with Gasteiger partial charge in [-0.1, -0.05) is 27.7 Å². The van der Waals surface area contributed by atoms with Crippen LogP contribution in [-0.2, 0) is 4.79 Å². The number of benzene rings is 1. The molecule has 0 spiro atoms. The van der Waals surface area contributed by atoms with Gasteiger partial charge in [-0.2, -0.15) is 0 Å². The van der Waals surface area contributed by atoms with Gasteiger partial charge in [-0.3, -0.25) is 4.79 Å². The molecular weight excluding hydrogens is 297 g/mol. The van der Waals surface area contributed by atoms with Crippen molar-refractivity contribution in [3.05, 3.63) is 28.0 Å². The van der Waals surface area contributed by atoms with Gasteiger partial charge >= 0.3 is 0 Å². The largest absolute Gasteiger partial charge is 0.324 e. The third-order valence-corrected chi connectivity index (χ3v) is 4.44. The van der Waals surface area contributed by atoms with Crippen LogP contribution >= 0.6 is 15.9 Å². The minimum Gasteiger partial charge on any atom is -0.324 e. The standard InChI is InChI=1S/C14H17BrFNO/c1-7(14(2,3)4)11-9-5-8(16)6-10(15)12(9)17-13(11)18/h5-7,11H,1-4H3,(H,17,18). The number of hydrogen-bond donors (Lipinski definition) is 1. The molecule has 98 valence electrons. The normalized spacial score (nSPS) is 20.6. The molecule has 0 radical (unpaired) electrons. The lowest BCUT2D eigenvalue weighted by Gasteiger charge is -2.31. The minimum absolute atomic E-state index is 0.0115. The van der Waals surface area contributed by atoms with Crippen LogP contribution in [0.15, 0.2) is 16.6 Å². The Labute approximate surface area is 115 Å². The lowest BCUT2D eigenvalue weighted by Crippen LogP contribution is -2.28. The predicted octanol–water partition coefficient (Wildman–Crippen LogP) is 4.31. The molecule has 2 unspecified atom stereocenters. The molecule has 18 heavy (non-hydrogen) atoms. The van der Waals surface area contributed by atoms with E-state index in [2.05, 4.69) is 42.0 Å². The van der Waals surface area contributed by atoms with Gasteiger partial charge in [0.15, 0.2) is 0 Å². The molecule has 2 atom stereocenters. The third-order valence-electron chi connectivity index (χ3n) is 3.82. The predicted molar refractivity (Wildman–Crippen MR) is 74.1 cm³/mol. The van der Waals surface area contributed by atoms with Gasteiger partial charge in [0.2, 0.25) is 5.91 Å². The molecule has 0 fully saturated rings. The lowest BCUT2D eigenvalue weighted by atomic mass is 9.72. The molecule has 0 saturated carbocycles. The SMILES string of the molecule is CC(C1C(=O)Nc2c(Br)cc(F)cc21)C(C)(C)C. The summed E-state index contributed by atoms with van der Waals surface area (Å²) in [6.45, 7) is 8.32. The van der Waals surface area contributed by atoms with Crippen molar-refractivity contribution in [1.29, 1.82) is 0 Å². The molecule has 0 aromatic heterocycles. The van der Waals surface area contributed by atoms with Crippen LogP contribution in [0.5, 0.6) is 0 Å². The first-order valence-electron chi connectivity index (χ1n) is 6.01. The topological polar surface area (TPSA) is 29.1 Å². The monoisotopic (exact) mass is 313 g/mol. The number of fused-ring (bicyclic) bond motifs is 1. The summed E-state index contributed by atoms with van der Waals surface area (Å²) in [6.07, 6.45) is 0. The third kappa shape index (κ3) is 2.18. The van der Waals surface area contributed by atoms with Crippen LogP contribution in [-0.4, -0.2) is 5.91 Å². The molecule has 1 heterocycles. The maximum atomic E-state index is 13.5. The molecular formula is C14H17BrFNO. The highest BCUT2D eigenvalue weighted by Crippen LogP contribution is 2.46. The molecule has 0 saturated heterocycles. The first-order chi connectivity index (χ1) is 8.21. The smallest absolute Gasteiger partial charge is 0.232 e. The van der Waals surface area contributed by atoms with E-state index >= 15 is 0 Å². The Kier molecular flexibility index (Phi) is 3.26. The van der Waals surface area contributed by atoms with E-state index in [1.807, 2.05) is 6.92 Å². The fourth-order valence-electron chi connectivity index (χ4n) is 2.31. The zero-order chi connectivity index (χ0) is 13.7. The molecule has 1 aromatic rings. The molecule has 1 N–H and O–H groups in total. The number of carbonyl (C=O) groups excluding carboxylic acids is 1. The molecule has 1 aromatic carbocycles. The van der Waals surface area contributed by atoms with Gasteiger partial charge in [-0.25, -0.2) is 4.39 Å². The van der Waals surface area contributed by atoms with Crippen molar-refractivity contribution in [3.8, 4) is 0 Å². The number of halogens is 2. The molecule has 0 bridgehead atoms. The van der Waals surface area contributed by atoms with E-state index in [1.54, 1.807) is 0 Å². The van der Waals surface area contributed by atoms with Gasteiger partial charge in [0.05, 0.1) is 11.6 Å². The Morgan fingerprint density at radius 1 is 1.39 bits per heavy atom. The number of anilines is 1. The molecule has 0 aliphatic carbocycles. The Morgan fingerprint density at radius 2 is 2.00 bits per heavy atom. The van der Waals surface area contributed by atoms with E-state index in [4.69, 9.17) is 0 Å². The van der Waals surface area contributed by atoms with E-state index < -0.39 is 0 Å². The number of amides is 1. The molecule has 1 aliphatic heterocycles.